The molecule has 0 saturated carbocycles. The van der Waals surface area contributed by atoms with Crippen molar-refractivity contribution >= 4 is 59.9 Å². The number of nitrogens with zero attached hydrogens (tertiary/aromatic N) is 3. The number of carbonyl (C=O) groups excluding carboxylic acids is 3. The summed E-state index contributed by atoms with van der Waals surface area (Å²) in [6.07, 6.45) is 6.34. The van der Waals surface area contributed by atoms with E-state index in [4.69, 9.17) is 37.7 Å². The van der Waals surface area contributed by atoms with E-state index in [-0.39, 0.29) is 117 Å². The maximum atomic E-state index is 12.5. The summed E-state index contributed by atoms with van der Waals surface area (Å²) >= 11 is 0. The number of ether oxygens (including phenoxy) is 6. The Morgan fingerprint density at radius 1 is 0.720 bits per heavy atom. The summed E-state index contributed by atoms with van der Waals surface area (Å²) in [6.45, 7) is 13.1. The molecule has 23 nitrogen and oxygen atoms in total. The van der Waals surface area contributed by atoms with Crippen molar-refractivity contribution in [2.75, 3.05) is 116 Å². The van der Waals surface area contributed by atoms with Crippen LogP contribution in [0.3, 0.4) is 0 Å². The number of carbonyl (C=O) groups is 3. The molecule has 446 valence electrons. The number of rotatable bonds is 36. The first-order valence-electron chi connectivity index (χ1n) is 26.6. The van der Waals surface area contributed by atoms with Gasteiger partial charge in [0.05, 0.1) is 97.3 Å². The molecule has 1 saturated heterocycles. The van der Waals surface area contributed by atoms with Gasteiger partial charge in [-0.15, -0.1) is 5.06 Å². The van der Waals surface area contributed by atoms with Gasteiger partial charge in [0.2, 0.25) is 5.36 Å². The van der Waals surface area contributed by atoms with Crippen LogP contribution in [0.5, 0.6) is 0 Å². The minimum atomic E-state index is -4.94. The number of fused-ring (bicyclic) bond motifs is 2. The number of anilines is 1. The number of methoxy groups -OCH3 is 1. The summed E-state index contributed by atoms with van der Waals surface area (Å²) in [5, 5.41) is 1.17. The van der Waals surface area contributed by atoms with Gasteiger partial charge < -0.3 is 56.2 Å². The van der Waals surface area contributed by atoms with Crippen molar-refractivity contribution in [1.29, 1.82) is 0 Å². The van der Waals surface area contributed by atoms with Gasteiger partial charge in [0.1, 0.15) is 34.8 Å². The van der Waals surface area contributed by atoms with Crippen LogP contribution in [0.2, 0.25) is 0 Å². The van der Waals surface area contributed by atoms with Gasteiger partial charge in [-0.05, 0) is 91.6 Å². The minimum absolute atomic E-state index is 0. The van der Waals surface area contributed by atoms with Crippen LogP contribution in [0.25, 0.3) is 17.4 Å². The molecule has 28 heteroatoms. The van der Waals surface area contributed by atoms with E-state index in [1.165, 1.54) is 18.2 Å². The van der Waals surface area contributed by atoms with Crippen molar-refractivity contribution < 1.29 is 150 Å². The van der Waals surface area contributed by atoms with E-state index >= 15 is 0 Å². The smallest absolute Gasteiger partial charge is 0.748 e. The fraction of sp³-hybridized carbons (Fsp3) is 0.593. The molecule has 1 fully saturated rings. The average molecular weight is 1230 g/mol. The van der Waals surface area contributed by atoms with Crippen molar-refractivity contribution in [2.24, 2.45) is 0 Å². The molecule has 1 aliphatic carbocycles. The van der Waals surface area contributed by atoms with E-state index in [1.807, 2.05) is 54.5 Å². The predicted molar refractivity (Wildman–Crippen MR) is 290 cm³/mol. The van der Waals surface area contributed by atoms with Gasteiger partial charge in [-0.3, -0.25) is 9.59 Å². The van der Waals surface area contributed by atoms with E-state index in [2.05, 4.69) is 0 Å². The van der Waals surface area contributed by atoms with Crippen molar-refractivity contribution in [2.45, 2.75) is 101 Å². The second-order valence-corrected chi connectivity index (χ2v) is 24.8. The number of hydroxylamine groups is 2. The molecule has 0 aromatic heterocycles. The van der Waals surface area contributed by atoms with Gasteiger partial charge in [0.15, 0.2) is 6.54 Å². The van der Waals surface area contributed by atoms with Crippen LogP contribution in [0.1, 0.15) is 102 Å². The van der Waals surface area contributed by atoms with E-state index in [0.717, 1.165) is 11.1 Å². The zero-order chi connectivity index (χ0) is 58.6. The van der Waals surface area contributed by atoms with Crippen LogP contribution in [0.4, 0.5) is 5.69 Å². The largest absolute Gasteiger partial charge is 1.00 e. The molecule has 1 aromatic rings. The van der Waals surface area contributed by atoms with Gasteiger partial charge in [-0.2, -0.15) is 0 Å². The Balaban J connectivity index is 0.00000882. The average Bonchev–Trinajstić information content (AvgIpc) is 3.23. The van der Waals surface area contributed by atoms with Crippen LogP contribution in [-0.2, 0) is 88.8 Å². The number of hydrogen-bond donors (Lipinski definition) is 0. The van der Waals surface area contributed by atoms with E-state index in [1.54, 1.807) is 32.3 Å². The van der Waals surface area contributed by atoms with Gasteiger partial charge in [-0.1, -0.05) is 33.3 Å². The second-order valence-electron chi connectivity index (χ2n) is 20.4. The van der Waals surface area contributed by atoms with Gasteiger partial charge in [0, 0.05) is 79.3 Å². The molecule has 82 heavy (non-hydrogen) atoms. The molecule has 0 radical (unpaired) electrons. The first-order chi connectivity index (χ1) is 37.8. The Labute approximate surface area is 526 Å². The predicted octanol–water partition coefficient (Wildman–Crippen LogP) is -1.80. The summed E-state index contributed by atoms with van der Waals surface area (Å²) in [4.78, 5) is 42.9. The molecule has 5 rings (SSSR count). The minimum Gasteiger partial charge on any atom is -0.748 e. The molecule has 1 unspecified atom stereocenters. The molecule has 0 bridgehead atoms. The third-order valence-corrected chi connectivity index (χ3v) is 15.6. The third-order valence-electron chi connectivity index (χ3n) is 13.2. The monoisotopic (exact) mass is 1230 g/mol. The van der Waals surface area contributed by atoms with Crippen LogP contribution >= 0.6 is 0 Å². The molecule has 1 atom stereocenters. The summed E-state index contributed by atoms with van der Waals surface area (Å²) in [5.41, 5.74) is 1.75. The van der Waals surface area contributed by atoms with Gasteiger partial charge in [0.25, 0.3) is 11.8 Å². The summed E-state index contributed by atoms with van der Waals surface area (Å²) in [5.74, 6) is -2.27. The van der Waals surface area contributed by atoms with Crippen molar-refractivity contribution in [3.63, 3.8) is 0 Å². The van der Waals surface area contributed by atoms with Crippen LogP contribution in [0.15, 0.2) is 69.6 Å². The van der Waals surface area contributed by atoms with E-state index in [0.29, 0.717) is 131 Å². The zero-order valence-corrected chi connectivity index (χ0v) is 54.6. The van der Waals surface area contributed by atoms with Crippen LogP contribution in [-0.4, -0.2) is 173 Å². The standard InChI is InChI=1S/C54H77N3O20S3.2Na/c1-53(2,3)45-39-42(76-48-38-41(15-17-44(45)48)55(22-11-37-79(64,65)66)24-25-71-28-29-73-32-33-75-35-34-74-31-30-72-27-26-70-5)12-9-13-49-54(4,21-10-36-78(61,62)63)46-40-43(80(67,68)69)16-18-47(46)56(49)23-8-6-7-14-52(60)77-57-50(58)19-20-51(57)59;;/h9,12-13,15-18,38-40H,6-8,10-11,14,19-37H2,1-5H3,(H2-,61,62,63,64,65,66,67,68,69);;/q;2*+1/p-2. The number of unbranched alkanes of at least 4 members (excludes halogenated alkanes) is 2. The van der Waals surface area contributed by atoms with E-state index in [9.17, 15) is 53.3 Å². The number of benzene rings is 2. The Hall–Kier alpha value is -2.97. The molecule has 4 aliphatic rings. The van der Waals surface area contributed by atoms with Crippen molar-refractivity contribution in [3.05, 3.63) is 82.6 Å². The first kappa shape index (κ1) is 73.3. The van der Waals surface area contributed by atoms with E-state index < -0.39 is 75.4 Å². The molecule has 0 N–H and O–H groups in total. The quantitative estimate of drug-likeness (QED) is 0.0204. The van der Waals surface area contributed by atoms with Crippen molar-refractivity contribution in [3.8, 4) is 11.3 Å². The maximum absolute atomic E-state index is 12.5. The Morgan fingerprint density at radius 2 is 1.29 bits per heavy atom. The second kappa shape index (κ2) is 35.0. The summed E-state index contributed by atoms with van der Waals surface area (Å²) in [7, 11) is -12.5. The molecule has 1 aromatic carbocycles. The topological polar surface area (TPSA) is 310 Å². The SMILES string of the molecule is COCCOCCOCCOCCOCCOCC[N+](CCCS(=O)(=O)[O-])=c1ccc2c(C(C)(C)C)cc(/C=C/C=C3/N(CCCCCC(=O)ON4C(=O)CCC4=O)c4ccc(S(=O)(=O)[O-])cc4C3(C)CCCS(=O)(=O)[O-])oc-2c1.[Na+].[Na+]. The Bertz CT molecular complexity index is 3000. The fourth-order valence-corrected chi connectivity index (χ4v) is 10.7. The first-order valence-corrected chi connectivity index (χ1v) is 31.1. The summed E-state index contributed by atoms with van der Waals surface area (Å²) < 4.78 is 149. The summed E-state index contributed by atoms with van der Waals surface area (Å²) in [6, 6.07) is 11.5. The van der Waals surface area contributed by atoms with Crippen LogP contribution in [0, 0.1) is 0 Å². The normalized spacial score (nSPS) is 16.8. The number of amides is 2. The third kappa shape index (κ3) is 24.1. The Morgan fingerprint density at radius 3 is 1.85 bits per heavy atom. The number of allylic oxidation sites excluding steroid dienone is 3. The zero-order valence-electron chi connectivity index (χ0n) is 48.2. The molecular formula is C54H75N3Na2O20S3. The van der Waals surface area contributed by atoms with Crippen LogP contribution < -0.4 is 73.9 Å². The van der Waals surface area contributed by atoms with Crippen molar-refractivity contribution in [1.82, 2.24) is 9.64 Å². The molecule has 3 aliphatic heterocycles. The molecule has 3 heterocycles. The fourth-order valence-electron chi connectivity index (χ4n) is 9.24. The molecule has 0 spiro atoms. The number of hydrogen-bond acceptors (Lipinski definition) is 21. The van der Waals surface area contributed by atoms with Gasteiger partial charge >= 0.3 is 65.1 Å². The maximum Gasteiger partial charge on any atom is 1.00 e. The van der Waals surface area contributed by atoms with Gasteiger partial charge in [-0.25, -0.2) is 34.6 Å². The molecular weight excluding hydrogens is 1150 g/mol. The molecule has 2 amide bonds. The number of imide groups is 1. The Kier molecular flexibility index (Phi) is 31.3.